The third-order valence-corrected chi connectivity index (χ3v) is 5.10. The van der Waals surface area contributed by atoms with Crippen LogP contribution in [0.3, 0.4) is 0 Å². The van der Waals surface area contributed by atoms with Crippen molar-refractivity contribution >= 4 is 5.91 Å². The van der Waals surface area contributed by atoms with Gasteiger partial charge in [-0.05, 0) is 32.3 Å². The molecule has 132 valence electrons. The van der Waals surface area contributed by atoms with E-state index in [0.29, 0.717) is 49.2 Å². The van der Waals surface area contributed by atoms with E-state index >= 15 is 0 Å². The highest BCUT2D eigenvalue weighted by molar-refractivity contribution is 5.96. The van der Waals surface area contributed by atoms with Crippen LogP contribution < -0.4 is 5.63 Å². The molecule has 0 aliphatic carbocycles. The fraction of sp³-hybridized carbons (Fsp3) is 0.647. The van der Waals surface area contributed by atoms with Gasteiger partial charge < -0.3 is 24.3 Å². The number of aliphatic hydroxyl groups excluding tert-OH is 2. The maximum absolute atomic E-state index is 12.8. The molecule has 2 fully saturated rings. The lowest BCUT2D eigenvalue weighted by Crippen LogP contribution is -2.55. The average molecular weight is 337 g/mol. The molecule has 2 aliphatic rings. The summed E-state index contributed by atoms with van der Waals surface area (Å²) >= 11 is 0. The van der Waals surface area contributed by atoms with Gasteiger partial charge in [-0.25, -0.2) is 4.79 Å². The van der Waals surface area contributed by atoms with Crippen molar-refractivity contribution in [1.29, 1.82) is 0 Å². The number of nitrogens with zero attached hydrogens (tertiary/aromatic N) is 1. The van der Waals surface area contributed by atoms with Crippen LogP contribution >= 0.6 is 0 Å². The van der Waals surface area contributed by atoms with Gasteiger partial charge in [0, 0.05) is 25.6 Å². The van der Waals surface area contributed by atoms with Crippen molar-refractivity contribution in [2.24, 2.45) is 0 Å². The third kappa shape index (κ3) is 3.11. The van der Waals surface area contributed by atoms with Crippen LogP contribution in [0.25, 0.3) is 0 Å². The smallest absolute Gasteiger partial charge is 0.336 e. The molecular formula is C17H23NO6. The predicted molar refractivity (Wildman–Crippen MR) is 84.9 cm³/mol. The summed E-state index contributed by atoms with van der Waals surface area (Å²) in [5, 5.41) is 19.5. The average Bonchev–Trinajstić information content (AvgIpc) is 2.51. The van der Waals surface area contributed by atoms with Gasteiger partial charge in [-0.15, -0.1) is 0 Å². The molecule has 0 radical (unpaired) electrons. The Morgan fingerprint density at radius 1 is 1.25 bits per heavy atom. The molecule has 1 aromatic heterocycles. The minimum atomic E-state index is -0.840. The zero-order valence-electron chi connectivity index (χ0n) is 13.9. The Bertz CT molecular complexity index is 663. The van der Waals surface area contributed by atoms with Crippen molar-refractivity contribution in [2.75, 3.05) is 19.7 Å². The Hall–Kier alpha value is -1.70. The van der Waals surface area contributed by atoms with E-state index in [9.17, 15) is 19.8 Å². The van der Waals surface area contributed by atoms with E-state index in [1.165, 1.54) is 6.07 Å². The first-order chi connectivity index (χ1) is 11.3. The minimum Gasteiger partial charge on any atom is -0.427 e. The van der Waals surface area contributed by atoms with Crippen LogP contribution in [0.2, 0.25) is 0 Å². The molecule has 2 aliphatic heterocycles. The van der Waals surface area contributed by atoms with Gasteiger partial charge in [0.15, 0.2) is 0 Å². The lowest BCUT2D eigenvalue weighted by molar-refractivity contribution is -0.185. The minimum absolute atomic E-state index is 0.122. The van der Waals surface area contributed by atoms with Crippen LogP contribution in [0.1, 0.15) is 40.9 Å². The van der Waals surface area contributed by atoms with E-state index in [1.807, 2.05) is 0 Å². The van der Waals surface area contributed by atoms with Gasteiger partial charge in [0.2, 0.25) is 0 Å². The van der Waals surface area contributed by atoms with Gasteiger partial charge in [0.25, 0.3) is 5.91 Å². The number of amides is 1. The molecule has 2 atom stereocenters. The largest absolute Gasteiger partial charge is 0.427 e. The molecule has 2 N–H and O–H groups in total. The molecule has 0 bridgehead atoms. The summed E-state index contributed by atoms with van der Waals surface area (Å²) in [6, 6.07) is 1.33. The normalized spacial score (nSPS) is 26.6. The first-order valence-corrected chi connectivity index (χ1v) is 8.22. The monoisotopic (exact) mass is 337 g/mol. The number of aliphatic hydroxyl groups is 2. The van der Waals surface area contributed by atoms with Gasteiger partial charge in [0.1, 0.15) is 11.9 Å². The molecule has 24 heavy (non-hydrogen) atoms. The first kappa shape index (κ1) is 17.1. The number of ether oxygens (including phenoxy) is 1. The summed E-state index contributed by atoms with van der Waals surface area (Å²) < 4.78 is 10.8. The molecule has 0 aromatic carbocycles. The van der Waals surface area contributed by atoms with E-state index in [4.69, 9.17) is 9.15 Å². The van der Waals surface area contributed by atoms with Crippen LogP contribution in [0, 0.1) is 13.8 Å². The lowest BCUT2D eigenvalue weighted by atomic mass is 9.82. The molecule has 0 unspecified atom stereocenters. The standard InChI is InChI=1S/C17H23NO6/c1-10-7-14(21)24-11(2)15(10)16(22)18-5-3-17(4-6-18)8-12(19)13(20)9-23-17/h7,12-13,19-20H,3-6,8-9H2,1-2H3/t12-,13+/m1/s1. The molecule has 0 saturated carbocycles. The number of likely N-dealkylation sites (tertiary alicyclic amines) is 1. The Labute approximate surface area is 139 Å². The maximum Gasteiger partial charge on any atom is 0.336 e. The fourth-order valence-corrected chi connectivity index (χ4v) is 3.65. The Morgan fingerprint density at radius 2 is 1.92 bits per heavy atom. The molecule has 1 spiro atoms. The van der Waals surface area contributed by atoms with Crippen molar-refractivity contribution in [2.45, 2.75) is 50.9 Å². The molecule has 1 aromatic rings. The zero-order chi connectivity index (χ0) is 17.5. The number of hydrogen-bond acceptors (Lipinski definition) is 6. The van der Waals surface area contributed by atoms with Crippen molar-refractivity contribution < 1.29 is 24.2 Å². The summed E-state index contributed by atoms with van der Waals surface area (Å²) in [4.78, 5) is 25.9. The molecule has 7 heteroatoms. The Balaban J connectivity index is 1.71. The Kier molecular flexibility index (Phi) is 4.50. The molecule has 3 heterocycles. The van der Waals surface area contributed by atoms with E-state index in [-0.39, 0.29) is 12.5 Å². The van der Waals surface area contributed by atoms with Crippen LogP contribution in [0.15, 0.2) is 15.3 Å². The highest BCUT2D eigenvalue weighted by Gasteiger charge is 2.43. The van der Waals surface area contributed by atoms with Crippen molar-refractivity contribution in [3.63, 3.8) is 0 Å². The van der Waals surface area contributed by atoms with E-state index in [1.54, 1.807) is 18.7 Å². The summed E-state index contributed by atoms with van der Waals surface area (Å²) in [7, 11) is 0. The molecule has 1 amide bonds. The second kappa shape index (κ2) is 6.31. The number of aryl methyl sites for hydroxylation is 2. The Morgan fingerprint density at radius 3 is 2.50 bits per heavy atom. The third-order valence-electron chi connectivity index (χ3n) is 5.10. The van der Waals surface area contributed by atoms with Crippen LogP contribution in [-0.2, 0) is 4.74 Å². The van der Waals surface area contributed by atoms with Gasteiger partial charge in [-0.2, -0.15) is 0 Å². The predicted octanol–water partition coefficient (Wildman–Crippen LogP) is 0.374. The van der Waals surface area contributed by atoms with Gasteiger partial charge in [0.05, 0.1) is 23.9 Å². The zero-order valence-corrected chi connectivity index (χ0v) is 13.9. The number of rotatable bonds is 1. The summed E-state index contributed by atoms with van der Waals surface area (Å²) in [5.74, 6) is 0.178. The number of hydrogen-bond donors (Lipinski definition) is 2. The molecule has 3 rings (SSSR count). The van der Waals surface area contributed by atoms with Crippen LogP contribution in [0.4, 0.5) is 0 Å². The highest BCUT2D eigenvalue weighted by atomic mass is 16.5. The topological polar surface area (TPSA) is 100 Å². The van der Waals surface area contributed by atoms with E-state index in [0.717, 1.165) is 0 Å². The van der Waals surface area contributed by atoms with Crippen LogP contribution in [-0.4, -0.2) is 58.5 Å². The van der Waals surface area contributed by atoms with Crippen molar-refractivity contribution in [1.82, 2.24) is 4.90 Å². The van der Waals surface area contributed by atoms with E-state index in [2.05, 4.69) is 0 Å². The van der Waals surface area contributed by atoms with Crippen LogP contribution in [0.5, 0.6) is 0 Å². The van der Waals surface area contributed by atoms with Crippen molar-refractivity contribution in [3.8, 4) is 0 Å². The van der Waals surface area contributed by atoms with Gasteiger partial charge >= 0.3 is 5.63 Å². The highest BCUT2D eigenvalue weighted by Crippen LogP contribution is 2.35. The van der Waals surface area contributed by atoms with Gasteiger partial charge in [-0.1, -0.05) is 0 Å². The second-order valence-corrected chi connectivity index (χ2v) is 6.80. The second-order valence-electron chi connectivity index (χ2n) is 6.80. The maximum atomic E-state index is 12.8. The number of carbonyl (C=O) groups excluding carboxylic acids is 1. The van der Waals surface area contributed by atoms with Gasteiger partial charge in [-0.3, -0.25) is 4.79 Å². The summed E-state index contributed by atoms with van der Waals surface area (Å²) in [5.41, 5.74) is 0.123. The summed E-state index contributed by atoms with van der Waals surface area (Å²) in [6.45, 7) is 4.47. The molecular weight excluding hydrogens is 314 g/mol. The quantitative estimate of drug-likeness (QED) is 0.768. The fourth-order valence-electron chi connectivity index (χ4n) is 3.65. The number of piperidine rings is 1. The lowest BCUT2D eigenvalue weighted by Gasteiger charge is -2.46. The van der Waals surface area contributed by atoms with E-state index < -0.39 is 23.4 Å². The SMILES string of the molecule is Cc1cc(=O)oc(C)c1C(=O)N1CCC2(CC1)C[C@@H](O)[C@@H](O)CO2. The van der Waals surface area contributed by atoms with Crippen molar-refractivity contribution in [3.05, 3.63) is 33.4 Å². The summed E-state index contributed by atoms with van der Waals surface area (Å²) in [6.07, 6.45) is -0.0230. The molecule has 2 saturated heterocycles. The first-order valence-electron chi connectivity index (χ1n) is 8.22. The molecule has 7 nitrogen and oxygen atoms in total. The number of carbonyl (C=O) groups is 1.